The van der Waals surface area contributed by atoms with Crippen LogP contribution in [0.4, 0.5) is 10.1 Å². The Morgan fingerprint density at radius 3 is 2.35 bits per heavy atom. The van der Waals surface area contributed by atoms with Crippen LogP contribution in [0, 0.1) is 5.82 Å². The molecular formula is C29H32ClFN2O. The lowest BCUT2D eigenvalue weighted by Gasteiger charge is -2.36. The zero-order valence-corrected chi connectivity index (χ0v) is 20.4. The average molecular weight is 479 g/mol. The molecule has 5 rings (SSSR count). The molecule has 2 aliphatic heterocycles. The Balaban J connectivity index is 0.00000274. The van der Waals surface area contributed by atoms with E-state index in [9.17, 15) is 9.18 Å². The Kier molecular flexibility index (Phi) is 7.39. The summed E-state index contributed by atoms with van der Waals surface area (Å²) in [6.45, 7) is 5.53. The van der Waals surface area contributed by atoms with Crippen molar-refractivity contribution in [1.82, 2.24) is 4.90 Å². The molecule has 1 atom stereocenters. The van der Waals surface area contributed by atoms with E-state index in [2.05, 4.69) is 29.2 Å². The number of para-hydroxylation sites is 1. The van der Waals surface area contributed by atoms with Gasteiger partial charge in [0, 0.05) is 12.2 Å². The molecule has 0 spiro atoms. The van der Waals surface area contributed by atoms with E-state index in [-0.39, 0.29) is 24.1 Å². The van der Waals surface area contributed by atoms with Crippen LogP contribution in [0.25, 0.3) is 0 Å². The first kappa shape index (κ1) is 24.4. The number of halogens is 2. The lowest BCUT2D eigenvalue weighted by Crippen LogP contribution is -2.44. The largest absolute Gasteiger partial charge is 0.311 e. The quantitative estimate of drug-likeness (QED) is 0.423. The van der Waals surface area contributed by atoms with Gasteiger partial charge in [-0.05, 0) is 86.6 Å². The van der Waals surface area contributed by atoms with Crippen LogP contribution >= 0.6 is 12.4 Å². The van der Waals surface area contributed by atoms with Gasteiger partial charge in [0.05, 0.1) is 0 Å². The Labute approximate surface area is 208 Å². The number of likely N-dealkylation sites (tertiary alicyclic amines) is 1. The summed E-state index contributed by atoms with van der Waals surface area (Å²) in [5.74, 6) is 0.440. The maximum absolute atomic E-state index is 13.9. The van der Waals surface area contributed by atoms with Crippen LogP contribution in [0.1, 0.15) is 48.8 Å². The third-order valence-corrected chi connectivity index (χ3v) is 7.56. The number of carbonyl (C=O) groups is 1. The first-order valence-corrected chi connectivity index (χ1v) is 12.1. The van der Waals surface area contributed by atoms with Gasteiger partial charge in [0.15, 0.2) is 0 Å². The molecule has 1 unspecified atom stereocenters. The summed E-state index contributed by atoms with van der Waals surface area (Å²) in [4.78, 5) is 18.3. The molecule has 0 N–H and O–H groups in total. The van der Waals surface area contributed by atoms with E-state index in [1.807, 2.05) is 54.3 Å². The number of likely N-dealkylation sites (N-methyl/N-ethyl adjacent to an activating group) is 1. The van der Waals surface area contributed by atoms with Crippen molar-refractivity contribution in [3.63, 3.8) is 0 Å². The maximum Gasteiger partial charge on any atom is 0.242 e. The number of rotatable bonds is 6. The number of carbonyl (C=O) groups excluding carboxylic acids is 1. The van der Waals surface area contributed by atoms with Gasteiger partial charge in [-0.3, -0.25) is 4.79 Å². The monoisotopic (exact) mass is 478 g/mol. The van der Waals surface area contributed by atoms with E-state index < -0.39 is 5.41 Å². The van der Waals surface area contributed by atoms with Gasteiger partial charge in [0.2, 0.25) is 5.91 Å². The van der Waals surface area contributed by atoms with Crippen molar-refractivity contribution in [2.45, 2.75) is 37.5 Å². The van der Waals surface area contributed by atoms with Crippen molar-refractivity contribution >= 4 is 24.0 Å². The molecule has 34 heavy (non-hydrogen) atoms. The fourth-order valence-corrected chi connectivity index (χ4v) is 5.80. The summed E-state index contributed by atoms with van der Waals surface area (Å²) < 4.78 is 13.7. The molecule has 1 fully saturated rings. The highest BCUT2D eigenvalue weighted by Gasteiger charge is 2.51. The average Bonchev–Trinajstić information content (AvgIpc) is 3.11. The van der Waals surface area contributed by atoms with Crippen molar-refractivity contribution in [2.24, 2.45) is 0 Å². The third kappa shape index (κ3) is 4.25. The molecule has 2 heterocycles. The summed E-state index contributed by atoms with van der Waals surface area (Å²) in [7, 11) is 0. The fraction of sp³-hybridized carbons (Fsp3) is 0.345. The van der Waals surface area contributed by atoms with Crippen LogP contribution in [0.5, 0.6) is 0 Å². The van der Waals surface area contributed by atoms with Gasteiger partial charge in [-0.15, -0.1) is 12.4 Å². The maximum atomic E-state index is 13.9. The van der Waals surface area contributed by atoms with Gasteiger partial charge >= 0.3 is 0 Å². The Morgan fingerprint density at radius 1 is 0.941 bits per heavy atom. The van der Waals surface area contributed by atoms with Crippen LogP contribution in [-0.4, -0.2) is 37.0 Å². The number of piperidine rings is 1. The zero-order chi connectivity index (χ0) is 22.8. The molecule has 0 aromatic heterocycles. The predicted molar refractivity (Wildman–Crippen MR) is 138 cm³/mol. The number of hydrogen-bond donors (Lipinski definition) is 0. The molecule has 3 aromatic carbocycles. The number of anilines is 1. The molecule has 1 saturated heterocycles. The summed E-state index contributed by atoms with van der Waals surface area (Å²) >= 11 is 0. The van der Waals surface area contributed by atoms with E-state index >= 15 is 0 Å². The van der Waals surface area contributed by atoms with Gasteiger partial charge in [0.25, 0.3) is 0 Å². The molecule has 3 aromatic rings. The minimum atomic E-state index is -0.646. The van der Waals surface area contributed by atoms with Gasteiger partial charge in [0.1, 0.15) is 11.2 Å². The summed E-state index contributed by atoms with van der Waals surface area (Å²) in [6, 6.07) is 25.6. The highest BCUT2D eigenvalue weighted by molar-refractivity contribution is 6.10. The first-order valence-electron chi connectivity index (χ1n) is 12.1. The second-order valence-electron chi connectivity index (χ2n) is 9.26. The molecular weight excluding hydrogens is 447 g/mol. The van der Waals surface area contributed by atoms with Crippen molar-refractivity contribution in [1.29, 1.82) is 0 Å². The summed E-state index contributed by atoms with van der Waals surface area (Å²) in [5.41, 5.74) is 3.70. The van der Waals surface area contributed by atoms with E-state index in [1.54, 1.807) is 6.07 Å². The number of benzene rings is 3. The minimum absolute atomic E-state index is 0. The zero-order valence-electron chi connectivity index (χ0n) is 19.6. The third-order valence-electron chi connectivity index (χ3n) is 7.56. The SMILES string of the molecule is CCN1C(=O)C(CCN2CCC(c3cccc(F)c3)CC2)(c2ccccc2)c2ccccc21.Cl. The van der Waals surface area contributed by atoms with Gasteiger partial charge < -0.3 is 9.80 Å². The van der Waals surface area contributed by atoms with Crippen LogP contribution < -0.4 is 4.90 Å². The second kappa shape index (κ2) is 10.3. The smallest absolute Gasteiger partial charge is 0.242 e. The molecule has 0 bridgehead atoms. The summed E-state index contributed by atoms with van der Waals surface area (Å²) in [5, 5.41) is 0. The molecule has 0 radical (unpaired) electrons. The highest BCUT2D eigenvalue weighted by atomic mass is 35.5. The number of amides is 1. The minimum Gasteiger partial charge on any atom is -0.311 e. The van der Waals surface area contributed by atoms with E-state index in [4.69, 9.17) is 0 Å². The van der Waals surface area contributed by atoms with Crippen LogP contribution in [0.2, 0.25) is 0 Å². The topological polar surface area (TPSA) is 23.6 Å². The van der Waals surface area contributed by atoms with Gasteiger partial charge in [-0.25, -0.2) is 4.39 Å². The Hall–Kier alpha value is -2.69. The number of hydrogen-bond acceptors (Lipinski definition) is 2. The second-order valence-corrected chi connectivity index (χ2v) is 9.26. The van der Waals surface area contributed by atoms with Crippen LogP contribution in [0.15, 0.2) is 78.9 Å². The highest BCUT2D eigenvalue weighted by Crippen LogP contribution is 2.48. The van der Waals surface area contributed by atoms with E-state index in [0.29, 0.717) is 12.5 Å². The normalized spacial score (nSPS) is 20.8. The molecule has 2 aliphatic rings. The first-order chi connectivity index (χ1) is 16.1. The van der Waals surface area contributed by atoms with E-state index in [1.165, 1.54) is 6.07 Å². The Bertz CT molecular complexity index is 1130. The fourth-order valence-electron chi connectivity index (χ4n) is 5.80. The van der Waals surface area contributed by atoms with Crippen molar-refractivity contribution in [3.8, 4) is 0 Å². The van der Waals surface area contributed by atoms with Crippen LogP contribution in [-0.2, 0) is 10.2 Å². The van der Waals surface area contributed by atoms with Crippen molar-refractivity contribution in [3.05, 3.63) is 101 Å². The summed E-state index contributed by atoms with van der Waals surface area (Å²) in [6.07, 6.45) is 2.80. The van der Waals surface area contributed by atoms with Crippen molar-refractivity contribution < 1.29 is 9.18 Å². The van der Waals surface area contributed by atoms with Crippen LogP contribution in [0.3, 0.4) is 0 Å². The molecule has 0 aliphatic carbocycles. The lowest BCUT2D eigenvalue weighted by atomic mass is 9.72. The predicted octanol–water partition coefficient (Wildman–Crippen LogP) is 6.17. The van der Waals surface area contributed by atoms with Crippen molar-refractivity contribution in [2.75, 3.05) is 31.1 Å². The van der Waals surface area contributed by atoms with E-state index in [0.717, 1.165) is 61.3 Å². The number of nitrogens with zero attached hydrogens (tertiary/aromatic N) is 2. The van der Waals surface area contributed by atoms with Gasteiger partial charge in [-0.1, -0.05) is 60.7 Å². The van der Waals surface area contributed by atoms with Gasteiger partial charge in [-0.2, -0.15) is 0 Å². The molecule has 3 nitrogen and oxygen atoms in total. The lowest BCUT2D eigenvalue weighted by molar-refractivity contribution is -0.122. The molecule has 178 valence electrons. The standard InChI is InChI=1S/C29H31FN2O.ClH/c1-2-32-27-14-7-6-13-26(27)29(28(32)33,24-10-4-3-5-11-24)17-20-31-18-15-22(16-19-31)23-9-8-12-25(30)21-23;/h3-14,21-22H,2,15-20H2,1H3;1H. The molecule has 1 amide bonds. The number of fused-ring (bicyclic) bond motifs is 1. The molecule has 5 heteroatoms. The molecule has 0 saturated carbocycles. The Morgan fingerprint density at radius 2 is 1.65 bits per heavy atom.